The van der Waals surface area contributed by atoms with Crippen molar-refractivity contribution in [3.05, 3.63) is 34.6 Å². The van der Waals surface area contributed by atoms with Gasteiger partial charge >= 0.3 is 0 Å². The van der Waals surface area contributed by atoms with Crippen molar-refractivity contribution in [1.29, 1.82) is 0 Å². The summed E-state index contributed by atoms with van der Waals surface area (Å²) in [5, 5.41) is 0.172. The molecule has 0 heterocycles. The Morgan fingerprint density at radius 1 is 1.37 bits per heavy atom. The maximum Gasteiger partial charge on any atom is 0.146 e. The standard InChI is InChI=1S/C15H20ClFN2/c16-13-3-1-2-12(15(13)17)14(19-18)8-11-7-9-4-5-10(11)6-9/h1-3,9-11,14,19H,4-8,18H2. The Bertz CT molecular complexity index is 465. The third-order valence-electron chi connectivity index (χ3n) is 4.98. The minimum absolute atomic E-state index is 0.136. The Morgan fingerprint density at radius 2 is 2.21 bits per heavy atom. The van der Waals surface area contributed by atoms with Crippen molar-refractivity contribution in [2.24, 2.45) is 23.6 Å². The molecule has 3 N–H and O–H groups in total. The highest BCUT2D eigenvalue weighted by atomic mass is 35.5. The van der Waals surface area contributed by atoms with E-state index in [2.05, 4.69) is 5.43 Å². The fourth-order valence-electron chi connectivity index (χ4n) is 4.04. The van der Waals surface area contributed by atoms with Gasteiger partial charge in [0.1, 0.15) is 5.82 Å². The molecule has 4 heteroatoms. The van der Waals surface area contributed by atoms with Gasteiger partial charge in [-0.15, -0.1) is 0 Å². The number of hydrogen-bond donors (Lipinski definition) is 2. The zero-order chi connectivity index (χ0) is 13.4. The monoisotopic (exact) mass is 282 g/mol. The number of hydrazine groups is 1. The van der Waals surface area contributed by atoms with Crippen LogP contribution in [0.3, 0.4) is 0 Å². The lowest BCUT2D eigenvalue weighted by Crippen LogP contribution is -2.31. The van der Waals surface area contributed by atoms with Gasteiger partial charge in [0.2, 0.25) is 0 Å². The quantitative estimate of drug-likeness (QED) is 0.651. The molecule has 0 aliphatic heterocycles. The predicted molar refractivity (Wildman–Crippen MR) is 75.0 cm³/mol. The molecule has 0 radical (unpaired) electrons. The third kappa shape index (κ3) is 2.51. The fourth-order valence-corrected chi connectivity index (χ4v) is 4.22. The molecule has 0 amide bonds. The highest BCUT2D eigenvalue weighted by Crippen LogP contribution is 2.51. The van der Waals surface area contributed by atoms with Crippen LogP contribution >= 0.6 is 11.6 Å². The maximum absolute atomic E-state index is 14.1. The molecular formula is C15H20ClFN2. The van der Waals surface area contributed by atoms with Crippen molar-refractivity contribution in [2.75, 3.05) is 0 Å². The summed E-state index contributed by atoms with van der Waals surface area (Å²) in [5.41, 5.74) is 3.37. The number of fused-ring (bicyclic) bond motifs is 2. The van der Waals surface area contributed by atoms with E-state index in [1.54, 1.807) is 18.2 Å². The van der Waals surface area contributed by atoms with E-state index >= 15 is 0 Å². The summed E-state index contributed by atoms with van der Waals surface area (Å²) in [7, 11) is 0. The Kier molecular flexibility index (Phi) is 3.79. The van der Waals surface area contributed by atoms with Crippen LogP contribution in [0.1, 0.15) is 43.7 Å². The number of nitrogens with two attached hydrogens (primary N) is 1. The van der Waals surface area contributed by atoms with Crippen molar-refractivity contribution in [3.8, 4) is 0 Å². The van der Waals surface area contributed by atoms with Crippen LogP contribution in [0.5, 0.6) is 0 Å². The lowest BCUT2D eigenvalue weighted by Gasteiger charge is -2.27. The topological polar surface area (TPSA) is 38.0 Å². The molecule has 2 aliphatic rings. The molecule has 104 valence electrons. The maximum atomic E-state index is 14.1. The summed E-state index contributed by atoms with van der Waals surface area (Å²) in [5.74, 6) is 7.70. The van der Waals surface area contributed by atoms with Crippen molar-refractivity contribution in [1.82, 2.24) is 5.43 Å². The summed E-state index contributed by atoms with van der Waals surface area (Å²) in [6.07, 6.45) is 6.28. The van der Waals surface area contributed by atoms with E-state index in [1.807, 2.05) is 0 Å². The Hall–Kier alpha value is -0.640. The van der Waals surface area contributed by atoms with Crippen molar-refractivity contribution in [3.63, 3.8) is 0 Å². The Labute approximate surface area is 118 Å². The number of hydrogen-bond acceptors (Lipinski definition) is 2. The van der Waals surface area contributed by atoms with Gasteiger partial charge in [0.15, 0.2) is 0 Å². The molecule has 19 heavy (non-hydrogen) atoms. The van der Waals surface area contributed by atoms with Crippen LogP contribution in [0, 0.1) is 23.6 Å². The van der Waals surface area contributed by atoms with E-state index in [0.29, 0.717) is 11.5 Å². The van der Waals surface area contributed by atoms with Crippen LogP contribution in [0.25, 0.3) is 0 Å². The second kappa shape index (κ2) is 5.39. The first kappa shape index (κ1) is 13.3. The molecule has 0 saturated heterocycles. The van der Waals surface area contributed by atoms with E-state index < -0.39 is 0 Å². The summed E-state index contributed by atoms with van der Waals surface area (Å²) < 4.78 is 14.1. The molecule has 0 spiro atoms. The average molecular weight is 283 g/mol. The minimum atomic E-state index is -0.338. The third-order valence-corrected chi connectivity index (χ3v) is 5.27. The van der Waals surface area contributed by atoms with Gasteiger partial charge < -0.3 is 0 Å². The largest absolute Gasteiger partial charge is 0.271 e. The first-order valence-electron chi connectivity index (χ1n) is 7.09. The van der Waals surface area contributed by atoms with Crippen LogP contribution in [-0.2, 0) is 0 Å². The first-order valence-corrected chi connectivity index (χ1v) is 7.47. The highest BCUT2D eigenvalue weighted by molar-refractivity contribution is 6.30. The lowest BCUT2D eigenvalue weighted by molar-refractivity contribution is 0.277. The van der Waals surface area contributed by atoms with Crippen LogP contribution in [0.15, 0.2) is 18.2 Å². The van der Waals surface area contributed by atoms with Gasteiger partial charge in [-0.1, -0.05) is 30.2 Å². The van der Waals surface area contributed by atoms with Gasteiger partial charge in [-0.2, -0.15) is 0 Å². The molecular weight excluding hydrogens is 263 g/mol. The zero-order valence-electron chi connectivity index (χ0n) is 10.9. The van der Waals surface area contributed by atoms with Gasteiger partial charge in [0, 0.05) is 11.6 Å². The molecule has 4 atom stereocenters. The van der Waals surface area contributed by atoms with Crippen LogP contribution < -0.4 is 11.3 Å². The van der Waals surface area contributed by atoms with Gasteiger partial charge in [-0.3, -0.25) is 11.3 Å². The second-order valence-corrected chi connectivity index (χ2v) is 6.44. The van der Waals surface area contributed by atoms with Gasteiger partial charge in [0.05, 0.1) is 5.02 Å². The summed E-state index contributed by atoms with van der Waals surface area (Å²) in [6, 6.07) is 5.00. The first-order chi connectivity index (χ1) is 9.19. The number of benzene rings is 1. The minimum Gasteiger partial charge on any atom is -0.271 e. The zero-order valence-corrected chi connectivity index (χ0v) is 11.7. The molecule has 4 unspecified atom stereocenters. The van der Waals surface area contributed by atoms with Gasteiger partial charge in [0.25, 0.3) is 0 Å². The second-order valence-electron chi connectivity index (χ2n) is 6.03. The molecule has 0 aromatic heterocycles. The van der Waals surface area contributed by atoms with Crippen LogP contribution in [-0.4, -0.2) is 0 Å². The van der Waals surface area contributed by atoms with Crippen LogP contribution in [0.4, 0.5) is 4.39 Å². The predicted octanol–water partition coefficient (Wildman–Crippen LogP) is 3.81. The number of nitrogens with one attached hydrogen (secondary N) is 1. The molecule has 2 bridgehead atoms. The smallest absolute Gasteiger partial charge is 0.146 e. The Balaban J connectivity index is 1.75. The fraction of sp³-hybridized carbons (Fsp3) is 0.600. The normalized spacial score (nSPS) is 30.8. The average Bonchev–Trinajstić information content (AvgIpc) is 3.02. The molecule has 1 aromatic carbocycles. The van der Waals surface area contributed by atoms with Crippen molar-refractivity contribution >= 4 is 11.6 Å². The Morgan fingerprint density at radius 3 is 2.84 bits per heavy atom. The van der Waals surface area contributed by atoms with Gasteiger partial charge in [-0.05, 0) is 49.5 Å². The highest BCUT2D eigenvalue weighted by Gasteiger charge is 2.40. The number of halogens is 2. The van der Waals surface area contributed by atoms with E-state index in [0.717, 1.165) is 18.3 Å². The van der Waals surface area contributed by atoms with E-state index in [4.69, 9.17) is 17.4 Å². The molecule has 2 saturated carbocycles. The summed E-state index contributed by atoms with van der Waals surface area (Å²) >= 11 is 5.85. The van der Waals surface area contributed by atoms with Crippen molar-refractivity contribution < 1.29 is 4.39 Å². The molecule has 1 aromatic rings. The molecule has 3 rings (SSSR count). The van der Waals surface area contributed by atoms with E-state index in [9.17, 15) is 4.39 Å². The molecule has 2 aliphatic carbocycles. The van der Waals surface area contributed by atoms with Crippen LogP contribution in [0.2, 0.25) is 5.02 Å². The van der Waals surface area contributed by atoms with E-state index in [-0.39, 0.29) is 16.9 Å². The SMILES string of the molecule is NNC(CC1CC2CCC1C2)c1cccc(Cl)c1F. The summed E-state index contributed by atoms with van der Waals surface area (Å²) in [4.78, 5) is 0. The molecule has 2 fully saturated rings. The van der Waals surface area contributed by atoms with E-state index in [1.165, 1.54) is 25.7 Å². The summed E-state index contributed by atoms with van der Waals surface area (Å²) in [6.45, 7) is 0. The van der Waals surface area contributed by atoms with Crippen molar-refractivity contribution in [2.45, 2.75) is 38.1 Å². The molecule has 2 nitrogen and oxygen atoms in total. The lowest BCUT2D eigenvalue weighted by atomic mass is 9.83. The van der Waals surface area contributed by atoms with Gasteiger partial charge in [-0.25, -0.2) is 4.39 Å². The number of rotatable bonds is 4.